The number of nitrogens with two attached hydrogens (primary N) is 1. The SMILES string of the molecule is NCCNC(=O)COc1ccccc1[N+](=O)[O-]. The smallest absolute Gasteiger partial charge is 0.310 e. The van der Waals surface area contributed by atoms with Crippen molar-refractivity contribution in [2.75, 3.05) is 19.7 Å². The Balaban J connectivity index is 2.57. The second kappa shape index (κ2) is 6.44. The molecule has 1 aromatic carbocycles. The fraction of sp³-hybridized carbons (Fsp3) is 0.300. The summed E-state index contributed by atoms with van der Waals surface area (Å²) in [6.07, 6.45) is 0. The summed E-state index contributed by atoms with van der Waals surface area (Å²) in [7, 11) is 0. The van der Waals surface area contributed by atoms with Crippen molar-refractivity contribution in [2.45, 2.75) is 0 Å². The van der Waals surface area contributed by atoms with E-state index < -0.39 is 4.92 Å². The number of carbonyl (C=O) groups is 1. The molecule has 0 heterocycles. The summed E-state index contributed by atoms with van der Waals surface area (Å²) < 4.78 is 5.06. The van der Waals surface area contributed by atoms with Crippen molar-refractivity contribution in [3.63, 3.8) is 0 Å². The topological polar surface area (TPSA) is 107 Å². The lowest BCUT2D eigenvalue weighted by atomic mass is 10.3. The van der Waals surface area contributed by atoms with Crippen molar-refractivity contribution in [1.29, 1.82) is 0 Å². The summed E-state index contributed by atoms with van der Waals surface area (Å²) in [5.74, 6) is -0.297. The number of para-hydroxylation sites is 2. The van der Waals surface area contributed by atoms with Crippen molar-refractivity contribution < 1.29 is 14.5 Å². The van der Waals surface area contributed by atoms with Crippen LogP contribution in [0.25, 0.3) is 0 Å². The van der Waals surface area contributed by atoms with E-state index in [1.165, 1.54) is 18.2 Å². The molecule has 0 aliphatic carbocycles. The van der Waals surface area contributed by atoms with Crippen LogP contribution in [0.2, 0.25) is 0 Å². The van der Waals surface area contributed by atoms with Gasteiger partial charge in [-0.2, -0.15) is 0 Å². The number of nitrogens with one attached hydrogen (secondary N) is 1. The number of ether oxygens (including phenoxy) is 1. The molecule has 7 nitrogen and oxygen atoms in total. The highest BCUT2D eigenvalue weighted by atomic mass is 16.6. The van der Waals surface area contributed by atoms with E-state index in [1.54, 1.807) is 6.07 Å². The molecule has 0 bridgehead atoms. The summed E-state index contributed by atoms with van der Waals surface area (Å²) in [5, 5.41) is 13.1. The number of nitro benzene ring substituents is 1. The van der Waals surface area contributed by atoms with Gasteiger partial charge in [0.05, 0.1) is 4.92 Å². The number of nitrogens with zero attached hydrogens (tertiary/aromatic N) is 1. The first-order valence-corrected chi connectivity index (χ1v) is 4.98. The van der Waals surface area contributed by atoms with E-state index in [1.807, 2.05) is 0 Å². The number of hydrogen-bond acceptors (Lipinski definition) is 5. The maximum absolute atomic E-state index is 11.2. The van der Waals surface area contributed by atoms with Gasteiger partial charge in [0.15, 0.2) is 12.4 Å². The molecule has 0 saturated carbocycles. The van der Waals surface area contributed by atoms with Crippen molar-refractivity contribution in [1.82, 2.24) is 5.32 Å². The van der Waals surface area contributed by atoms with Crippen LogP contribution in [0.15, 0.2) is 24.3 Å². The summed E-state index contributed by atoms with van der Waals surface area (Å²) >= 11 is 0. The van der Waals surface area contributed by atoms with Crippen LogP contribution in [0.4, 0.5) is 5.69 Å². The maximum atomic E-state index is 11.2. The molecule has 0 aromatic heterocycles. The Morgan fingerprint density at radius 3 is 2.82 bits per heavy atom. The average molecular weight is 239 g/mol. The van der Waals surface area contributed by atoms with E-state index in [9.17, 15) is 14.9 Å². The Hall–Kier alpha value is -2.15. The molecule has 92 valence electrons. The highest BCUT2D eigenvalue weighted by Gasteiger charge is 2.14. The highest BCUT2D eigenvalue weighted by molar-refractivity contribution is 5.77. The van der Waals surface area contributed by atoms with Gasteiger partial charge >= 0.3 is 5.69 Å². The van der Waals surface area contributed by atoms with Gasteiger partial charge in [-0.3, -0.25) is 14.9 Å². The van der Waals surface area contributed by atoms with Gasteiger partial charge in [0, 0.05) is 19.2 Å². The van der Waals surface area contributed by atoms with Gasteiger partial charge < -0.3 is 15.8 Å². The van der Waals surface area contributed by atoms with Gasteiger partial charge in [0.2, 0.25) is 0 Å². The number of amides is 1. The largest absolute Gasteiger partial charge is 0.477 e. The van der Waals surface area contributed by atoms with Crippen molar-refractivity contribution in [3.05, 3.63) is 34.4 Å². The van der Waals surface area contributed by atoms with Gasteiger partial charge in [0.1, 0.15) is 0 Å². The first-order valence-electron chi connectivity index (χ1n) is 4.98. The first-order chi connectivity index (χ1) is 8.15. The standard InChI is InChI=1S/C10H13N3O4/c11-5-6-12-10(14)7-17-9-4-2-1-3-8(9)13(15)16/h1-4H,5-7,11H2,(H,12,14). The first kappa shape index (κ1) is 12.9. The van der Waals surface area contributed by atoms with E-state index in [0.29, 0.717) is 13.1 Å². The molecule has 0 aliphatic rings. The number of nitro groups is 1. The van der Waals surface area contributed by atoms with Crippen LogP contribution in [-0.4, -0.2) is 30.5 Å². The summed E-state index contributed by atoms with van der Waals surface area (Å²) in [5.41, 5.74) is 5.04. The zero-order valence-corrected chi connectivity index (χ0v) is 9.09. The predicted molar refractivity (Wildman–Crippen MR) is 60.7 cm³/mol. The molecule has 0 radical (unpaired) electrons. The third-order valence-corrected chi connectivity index (χ3v) is 1.89. The molecule has 17 heavy (non-hydrogen) atoms. The lowest BCUT2D eigenvalue weighted by Gasteiger charge is -2.06. The molecule has 7 heteroatoms. The Bertz CT molecular complexity index is 408. The van der Waals surface area contributed by atoms with Gasteiger partial charge in [-0.15, -0.1) is 0 Å². The van der Waals surface area contributed by atoms with Gasteiger partial charge in [-0.1, -0.05) is 12.1 Å². The Morgan fingerprint density at radius 2 is 2.18 bits per heavy atom. The fourth-order valence-corrected chi connectivity index (χ4v) is 1.14. The third kappa shape index (κ3) is 4.07. The lowest BCUT2D eigenvalue weighted by Crippen LogP contribution is -2.32. The van der Waals surface area contributed by atoms with Crippen LogP contribution in [-0.2, 0) is 4.79 Å². The van der Waals surface area contributed by atoms with Gasteiger partial charge in [0.25, 0.3) is 5.91 Å². The van der Waals surface area contributed by atoms with Gasteiger partial charge in [-0.25, -0.2) is 0 Å². The van der Waals surface area contributed by atoms with Crippen LogP contribution in [0.1, 0.15) is 0 Å². The van der Waals surface area contributed by atoms with E-state index in [4.69, 9.17) is 10.5 Å². The average Bonchev–Trinajstić information content (AvgIpc) is 2.34. The van der Waals surface area contributed by atoms with Crippen LogP contribution >= 0.6 is 0 Å². The normalized spacial score (nSPS) is 9.71. The van der Waals surface area contributed by atoms with Crippen molar-refractivity contribution in [3.8, 4) is 5.75 Å². The monoisotopic (exact) mass is 239 g/mol. The molecule has 0 unspecified atom stereocenters. The fourth-order valence-electron chi connectivity index (χ4n) is 1.14. The van der Waals surface area contributed by atoms with Crippen molar-refractivity contribution >= 4 is 11.6 Å². The molecular weight excluding hydrogens is 226 g/mol. The molecule has 0 aliphatic heterocycles. The Morgan fingerprint density at radius 1 is 1.47 bits per heavy atom. The van der Waals surface area contributed by atoms with Crippen LogP contribution in [0, 0.1) is 10.1 Å². The molecule has 0 atom stereocenters. The molecule has 0 saturated heterocycles. The molecule has 0 spiro atoms. The predicted octanol–water partition coefficient (Wildman–Crippen LogP) is 0.0485. The minimum Gasteiger partial charge on any atom is -0.477 e. The molecule has 1 amide bonds. The minimum atomic E-state index is -0.562. The minimum absolute atomic E-state index is 0.0698. The van der Waals surface area contributed by atoms with E-state index >= 15 is 0 Å². The van der Waals surface area contributed by atoms with E-state index in [-0.39, 0.29) is 24.0 Å². The van der Waals surface area contributed by atoms with E-state index in [2.05, 4.69) is 5.32 Å². The highest BCUT2D eigenvalue weighted by Crippen LogP contribution is 2.25. The Kier molecular flexibility index (Phi) is 4.89. The zero-order valence-electron chi connectivity index (χ0n) is 9.09. The van der Waals surface area contributed by atoms with Crippen LogP contribution in [0.3, 0.4) is 0 Å². The number of carbonyl (C=O) groups excluding carboxylic acids is 1. The number of benzene rings is 1. The second-order valence-electron chi connectivity index (χ2n) is 3.15. The third-order valence-electron chi connectivity index (χ3n) is 1.89. The van der Waals surface area contributed by atoms with Crippen LogP contribution in [0.5, 0.6) is 5.75 Å². The van der Waals surface area contributed by atoms with Gasteiger partial charge in [-0.05, 0) is 6.07 Å². The quantitative estimate of drug-likeness (QED) is 0.538. The van der Waals surface area contributed by atoms with Crippen molar-refractivity contribution in [2.24, 2.45) is 5.73 Å². The summed E-state index contributed by atoms with van der Waals surface area (Å²) in [6.45, 7) is 0.404. The second-order valence-corrected chi connectivity index (χ2v) is 3.15. The number of hydrogen-bond donors (Lipinski definition) is 2. The molecule has 1 rings (SSSR count). The lowest BCUT2D eigenvalue weighted by molar-refractivity contribution is -0.385. The number of rotatable bonds is 6. The molecule has 3 N–H and O–H groups in total. The molecule has 0 fully saturated rings. The maximum Gasteiger partial charge on any atom is 0.310 e. The summed E-state index contributed by atoms with van der Waals surface area (Å²) in [6, 6.07) is 5.88. The zero-order chi connectivity index (χ0) is 12.7. The van der Waals surface area contributed by atoms with E-state index in [0.717, 1.165) is 0 Å². The molecular formula is C10H13N3O4. The summed E-state index contributed by atoms with van der Waals surface area (Å²) in [4.78, 5) is 21.3. The van der Waals surface area contributed by atoms with Crippen LogP contribution < -0.4 is 15.8 Å². The Labute approximate surface area is 97.7 Å². The molecule has 1 aromatic rings.